The molecule has 0 bridgehead atoms. The molecule has 6 nitrogen and oxygen atoms in total. The van der Waals surface area contributed by atoms with Crippen LogP contribution in [0.3, 0.4) is 0 Å². The standard InChI is InChI=1S/C21H27NO5/c1-3-24-13-15-26-18-11-9-17(10-12-18)22-21(23)19-7-5-6-8-20(19)27-16-14-25-4-2/h5-12H,3-4,13-16H2,1-2H3,(H,22,23). The number of rotatable bonds is 12. The molecule has 0 saturated carbocycles. The van der Waals surface area contributed by atoms with Gasteiger partial charge < -0.3 is 24.3 Å². The SMILES string of the molecule is CCOCCOc1ccc(NC(=O)c2ccccc2OCCOCC)cc1. The van der Waals surface area contributed by atoms with Gasteiger partial charge in [0, 0.05) is 18.9 Å². The zero-order valence-corrected chi connectivity index (χ0v) is 15.9. The topological polar surface area (TPSA) is 66.0 Å². The normalized spacial score (nSPS) is 10.4. The van der Waals surface area contributed by atoms with Crippen molar-refractivity contribution in [1.82, 2.24) is 0 Å². The number of benzene rings is 2. The zero-order chi connectivity index (χ0) is 19.3. The van der Waals surface area contributed by atoms with E-state index in [0.29, 0.717) is 56.6 Å². The Morgan fingerprint density at radius 2 is 1.44 bits per heavy atom. The van der Waals surface area contributed by atoms with Gasteiger partial charge in [-0.1, -0.05) is 12.1 Å². The van der Waals surface area contributed by atoms with Gasteiger partial charge in [-0.05, 0) is 50.2 Å². The summed E-state index contributed by atoms with van der Waals surface area (Å²) in [5.74, 6) is 1.03. The van der Waals surface area contributed by atoms with Gasteiger partial charge in [0.05, 0.1) is 18.8 Å². The first-order chi connectivity index (χ1) is 13.2. The summed E-state index contributed by atoms with van der Waals surface area (Å²) in [6.07, 6.45) is 0. The molecule has 27 heavy (non-hydrogen) atoms. The smallest absolute Gasteiger partial charge is 0.259 e. The lowest BCUT2D eigenvalue weighted by atomic mass is 10.2. The highest BCUT2D eigenvalue weighted by Crippen LogP contribution is 2.21. The van der Waals surface area contributed by atoms with Gasteiger partial charge in [-0.25, -0.2) is 0 Å². The first-order valence-electron chi connectivity index (χ1n) is 9.16. The summed E-state index contributed by atoms with van der Waals surface area (Å²) in [6, 6.07) is 14.4. The second kappa shape index (κ2) is 11.9. The third-order valence-corrected chi connectivity index (χ3v) is 3.63. The maximum Gasteiger partial charge on any atom is 0.259 e. The molecule has 0 aromatic heterocycles. The Kier molecular flexibility index (Phi) is 9.17. The molecule has 0 atom stereocenters. The number of hydrogen-bond donors (Lipinski definition) is 1. The molecule has 1 N–H and O–H groups in total. The fourth-order valence-corrected chi connectivity index (χ4v) is 2.33. The number of hydrogen-bond acceptors (Lipinski definition) is 5. The summed E-state index contributed by atoms with van der Waals surface area (Å²) in [4.78, 5) is 12.6. The zero-order valence-electron chi connectivity index (χ0n) is 15.9. The largest absolute Gasteiger partial charge is 0.491 e. The first kappa shape index (κ1) is 20.7. The van der Waals surface area contributed by atoms with Crippen LogP contribution in [0.15, 0.2) is 48.5 Å². The molecule has 0 radical (unpaired) electrons. The average Bonchev–Trinajstić information content (AvgIpc) is 2.70. The molecule has 0 saturated heterocycles. The van der Waals surface area contributed by atoms with Gasteiger partial charge in [0.25, 0.3) is 5.91 Å². The summed E-state index contributed by atoms with van der Waals surface area (Å²) < 4.78 is 21.7. The Hall–Kier alpha value is -2.57. The van der Waals surface area contributed by atoms with Crippen LogP contribution in [-0.2, 0) is 9.47 Å². The summed E-state index contributed by atoms with van der Waals surface area (Å²) in [6.45, 7) is 7.10. The molecule has 2 aromatic carbocycles. The Morgan fingerprint density at radius 1 is 0.815 bits per heavy atom. The van der Waals surface area contributed by atoms with E-state index in [1.807, 2.05) is 32.0 Å². The van der Waals surface area contributed by atoms with Crippen LogP contribution in [0.5, 0.6) is 11.5 Å². The summed E-state index contributed by atoms with van der Waals surface area (Å²) >= 11 is 0. The number of amides is 1. The van der Waals surface area contributed by atoms with Crippen molar-refractivity contribution in [2.24, 2.45) is 0 Å². The van der Waals surface area contributed by atoms with Gasteiger partial charge in [-0.2, -0.15) is 0 Å². The lowest BCUT2D eigenvalue weighted by Crippen LogP contribution is -2.15. The molecule has 0 spiro atoms. The van der Waals surface area contributed by atoms with Crippen molar-refractivity contribution in [3.05, 3.63) is 54.1 Å². The molecule has 0 fully saturated rings. The van der Waals surface area contributed by atoms with Crippen molar-refractivity contribution in [3.63, 3.8) is 0 Å². The Balaban J connectivity index is 1.91. The Morgan fingerprint density at radius 3 is 2.11 bits per heavy atom. The van der Waals surface area contributed by atoms with Crippen LogP contribution in [-0.4, -0.2) is 45.5 Å². The predicted molar refractivity (Wildman–Crippen MR) is 105 cm³/mol. The highest BCUT2D eigenvalue weighted by Gasteiger charge is 2.12. The fourth-order valence-electron chi connectivity index (χ4n) is 2.33. The van der Waals surface area contributed by atoms with Crippen molar-refractivity contribution in [3.8, 4) is 11.5 Å². The molecular formula is C21H27NO5. The molecule has 2 rings (SSSR count). The monoisotopic (exact) mass is 373 g/mol. The Labute approximate surface area is 160 Å². The molecule has 0 aliphatic rings. The van der Waals surface area contributed by atoms with Crippen LogP contribution in [0.25, 0.3) is 0 Å². The van der Waals surface area contributed by atoms with E-state index in [4.69, 9.17) is 18.9 Å². The van der Waals surface area contributed by atoms with E-state index in [1.54, 1.807) is 30.3 Å². The van der Waals surface area contributed by atoms with Crippen molar-refractivity contribution in [2.45, 2.75) is 13.8 Å². The molecule has 0 heterocycles. The van der Waals surface area contributed by atoms with Gasteiger partial charge in [0.1, 0.15) is 24.7 Å². The van der Waals surface area contributed by atoms with Crippen molar-refractivity contribution >= 4 is 11.6 Å². The minimum Gasteiger partial charge on any atom is -0.491 e. The van der Waals surface area contributed by atoms with Crippen LogP contribution in [0.4, 0.5) is 5.69 Å². The third kappa shape index (κ3) is 7.29. The van der Waals surface area contributed by atoms with Crippen molar-refractivity contribution in [2.75, 3.05) is 45.0 Å². The van der Waals surface area contributed by atoms with Crippen molar-refractivity contribution in [1.29, 1.82) is 0 Å². The lowest BCUT2D eigenvalue weighted by Gasteiger charge is -2.12. The second-order valence-corrected chi connectivity index (χ2v) is 5.57. The van der Waals surface area contributed by atoms with Crippen LogP contribution in [0, 0.1) is 0 Å². The molecule has 0 unspecified atom stereocenters. The minimum absolute atomic E-state index is 0.230. The maximum absolute atomic E-state index is 12.6. The lowest BCUT2D eigenvalue weighted by molar-refractivity contribution is 0.0998. The quantitative estimate of drug-likeness (QED) is 0.574. The van der Waals surface area contributed by atoms with Crippen LogP contribution in [0.1, 0.15) is 24.2 Å². The second-order valence-electron chi connectivity index (χ2n) is 5.57. The maximum atomic E-state index is 12.6. The van der Waals surface area contributed by atoms with Gasteiger partial charge in [0.15, 0.2) is 0 Å². The van der Waals surface area contributed by atoms with Crippen LogP contribution >= 0.6 is 0 Å². The molecule has 1 amide bonds. The number of para-hydroxylation sites is 1. The van der Waals surface area contributed by atoms with E-state index < -0.39 is 0 Å². The summed E-state index contributed by atoms with van der Waals surface area (Å²) in [7, 11) is 0. The van der Waals surface area contributed by atoms with Gasteiger partial charge in [-0.3, -0.25) is 4.79 Å². The van der Waals surface area contributed by atoms with Crippen molar-refractivity contribution < 1.29 is 23.7 Å². The van der Waals surface area contributed by atoms with E-state index in [-0.39, 0.29) is 5.91 Å². The number of ether oxygens (including phenoxy) is 4. The molecule has 2 aromatic rings. The highest BCUT2D eigenvalue weighted by molar-refractivity contribution is 6.06. The van der Waals surface area contributed by atoms with Gasteiger partial charge >= 0.3 is 0 Å². The fraction of sp³-hybridized carbons (Fsp3) is 0.381. The summed E-state index contributed by atoms with van der Waals surface area (Å²) in [5, 5.41) is 2.87. The summed E-state index contributed by atoms with van der Waals surface area (Å²) in [5.41, 5.74) is 1.16. The third-order valence-electron chi connectivity index (χ3n) is 3.63. The predicted octanol–water partition coefficient (Wildman–Crippen LogP) is 3.77. The minimum atomic E-state index is -0.230. The molecule has 0 aliphatic carbocycles. The van der Waals surface area contributed by atoms with E-state index in [0.717, 1.165) is 5.75 Å². The molecule has 0 aliphatic heterocycles. The van der Waals surface area contributed by atoms with Crippen LogP contribution < -0.4 is 14.8 Å². The van der Waals surface area contributed by atoms with Gasteiger partial charge in [-0.15, -0.1) is 0 Å². The van der Waals surface area contributed by atoms with E-state index >= 15 is 0 Å². The molecular weight excluding hydrogens is 346 g/mol. The number of nitrogens with one attached hydrogen (secondary N) is 1. The highest BCUT2D eigenvalue weighted by atomic mass is 16.5. The van der Waals surface area contributed by atoms with Crippen LogP contribution in [0.2, 0.25) is 0 Å². The average molecular weight is 373 g/mol. The van der Waals surface area contributed by atoms with Gasteiger partial charge in [0.2, 0.25) is 0 Å². The van der Waals surface area contributed by atoms with E-state index in [1.165, 1.54) is 0 Å². The number of anilines is 1. The molecule has 6 heteroatoms. The number of carbonyl (C=O) groups is 1. The molecule has 146 valence electrons. The first-order valence-corrected chi connectivity index (χ1v) is 9.16. The van der Waals surface area contributed by atoms with E-state index in [2.05, 4.69) is 5.32 Å². The number of carbonyl (C=O) groups excluding carboxylic acids is 1. The van der Waals surface area contributed by atoms with E-state index in [9.17, 15) is 4.79 Å². The Bertz CT molecular complexity index is 687.